The summed E-state index contributed by atoms with van der Waals surface area (Å²) in [6.07, 6.45) is 5.64. The average Bonchev–Trinajstić information content (AvgIpc) is 3.09. The van der Waals surface area contributed by atoms with Crippen LogP contribution < -0.4 is 0 Å². The summed E-state index contributed by atoms with van der Waals surface area (Å²) in [4.78, 5) is 17.9. The van der Waals surface area contributed by atoms with Gasteiger partial charge in [-0.3, -0.25) is 14.5 Å². The van der Waals surface area contributed by atoms with Crippen LogP contribution in [0.5, 0.6) is 0 Å². The van der Waals surface area contributed by atoms with Crippen molar-refractivity contribution in [1.29, 1.82) is 0 Å². The van der Waals surface area contributed by atoms with Crippen LogP contribution in [-0.4, -0.2) is 38.7 Å². The van der Waals surface area contributed by atoms with E-state index in [9.17, 15) is 4.79 Å². The zero-order valence-electron chi connectivity index (χ0n) is 12.5. The Bertz CT molecular complexity index is 649. The standard InChI is InChI=1S/C16H20N4O/c1-12(21)20-9-6-13(11-20)10-14-4-3-7-17-16(14)15-5-8-18-19(15)2/h3-5,7-8,13H,6,9-11H2,1-2H3. The van der Waals surface area contributed by atoms with Gasteiger partial charge >= 0.3 is 0 Å². The van der Waals surface area contributed by atoms with Gasteiger partial charge < -0.3 is 4.90 Å². The van der Waals surface area contributed by atoms with E-state index in [-0.39, 0.29) is 5.91 Å². The van der Waals surface area contributed by atoms with Crippen molar-refractivity contribution in [3.8, 4) is 11.4 Å². The Kier molecular flexibility index (Phi) is 3.73. The largest absolute Gasteiger partial charge is 0.343 e. The van der Waals surface area contributed by atoms with Gasteiger partial charge in [-0.05, 0) is 36.5 Å². The Hall–Kier alpha value is -2.17. The van der Waals surface area contributed by atoms with Crippen LogP contribution in [0.25, 0.3) is 11.4 Å². The van der Waals surface area contributed by atoms with Gasteiger partial charge in [0.2, 0.25) is 5.91 Å². The van der Waals surface area contributed by atoms with Gasteiger partial charge in [-0.15, -0.1) is 0 Å². The fourth-order valence-electron chi connectivity index (χ4n) is 3.04. The molecular weight excluding hydrogens is 264 g/mol. The van der Waals surface area contributed by atoms with Crippen molar-refractivity contribution in [2.24, 2.45) is 13.0 Å². The van der Waals surface area contributed by atoms with Gasteiger partial charge in [-0.1, -0.05) is 6.07 Å². The number of likely N-dealkylation sites (tertiary alicyclic amines) is 1. The summed E-state index contributed by atoms with van der Waals surface area (Å²) in [5.41, 5.74) is 3.27. The molecule has 5 heteroatoms. The van der Waals surface area contributed by atoms with E-state index >= 15 is 0 Å². The minimum atomic E-state index is 0.176. The molecule has 1 aliphatic heterocycles. The molecule has 5 nitrogen and oxygen atoms in total. The molecule has 1 atom stereocenters. The Balaban J connectivity index is 1.81. The van der Waals surface area contributed by atoms with E-state index in [0.29, 0.717) is 5.92 Å². The first-order valence-corrected chi connectivity index (χ1v) is 7.33. The molecule has 0 radical (unpaired) electrons. The summed E-state index contributed by atoms with van der Waals surface area (Å²) >= 11 is 0. The first-order chi connectivity index (χ1) is 10.1. The maximum absolute atomic E-state index is 11.4. The van der Waals surface area contributed by atoms with Gasteiger partial charge in [0.25, 0.3) is 0 Å². The van der Waals surface area contributed by atoms with Crippen LogP contribution in [0.3, 0.4) is 0 Å². The number of pyridine rings is 1. The van der Waals surface area contributed by atoms with Crippen LogP contribution in [0, 0.1) is 5.92 Å². The van der Waals surface area contributed by atoms with Crippen molar-refractivity contribution in [2.75, 3.05) is 13.1 Å². The Morgan fingerprint density at radius 1 is 1.38 bits per heavy atom. The molecule has 1 aliphatic rings. The summed E-state index contributed by atoms with van der Waals surface area (Å²) in [6, 6.07) is 6.10. The van der Waals surface area contributed by atoms with Gasteiger partial charge in [-0.25, -0.2) is 0 Å². The summed E-state index contributed by atoms with van der Waals surface area (Å²) in [5.74, 6) is 0.695. The van der Waals surface area contributed by atoms with Crippen molar-refractivity contribution in [1.82, 2.24) is 19.7 Å². The van der Waals surface area contributed by atoms with Crippen LogP contribution >= 0.6 is 0 Å². The summed E-state index contributed by atoms with van der Waals surface area (Å²) in [6.45, 7) is 3.38. The van der Waals surface area contributed by atoms with Crippen molar-refractivity contribution < 1.29 is 4.79 Å². The molecule has 0 saturated carbocycles. The zero-order valence-corrected chi connectivity index (χ0v) is 12.5. The predicted octanol–water partition coefficient (Wildman–Crippen LogP) is 1.89. The second kappa shape index (κ2) is 5.68. The number of carbonyl (C=O) groups excluding carboxylic acids is 1. The normalized spacial score (nSPS) is 18.2. The second-order valence-electron chi connectivity index (χ2n) is 5.68. The third-order valence-corrected chi connectivity index (χ3v) is 4.19. The van der Waals surface area contributed by atoms with Gasteiger partial charge in [0.15, 0.2) is 0 Å². The molecule has 1 unspecified atom stereocenters. The quantitative estimate of drug-likeness (QED) is 0.865. The van der Waals surface area contributed by atoms with Crippen LogP contribution in [0.15, 0.2) is 30.6 Å². The molecule has 3 rings (SSSR count). The Labute approximate surface area is 124 Å². The minimum Gasteiger partial charge on any atom is -0.343 e. The lowest BCUT2D eigenvalue weighted by Crippen LogP contribution is -2.26. The van der Waals surface area contributed by atoms with Crippen LogP contribution in [-0.2, 0) is 18.3 Å². The van der Waals surface area contributed by atoms with Crippen LogP contribution in [0.2, 0.25) is 0 Å². The fraction of sp³-hybridized carbons (Fsp3) is 0.438. The topological polar surface area (TPSA) is 51.0 Å². The van der Waals surface area contributed by atoms with E-state index in [1.165, 1.54) is 5.56 Å². The molecule has 2 aromatic heterocycles. The number of hydrogen-bond acceptors (Lipinski definition) is 3. The van der Waals surface area contributed by atoms with E-state index in [1.54, 1.807) is 13.1 Å². The number of aromatic nitrogens is 3. The number of rotatable bonds is 3. The molecule has 110 valence electrons. The lowest BCUT2D eigenvalue weighted by molar-refractivity contribution is -0.127. The number of amides is 1. The van der Waals surface area contributed by atoms with Gasteiger partial charge in [0.1, 0.15) is 0 Å². The van der Waals surface area contributed by atoms with Crippen LogP contribution in [0.1, 0.15) is 18.9 Å². The van der Waals surface area contributed by atoms with Gasteiger partial charge in [0.05, 0.1) is 11.4 Å². The average molecular weight is 284 g/mol. The SMILES string of the molecule is CC(=O)N1CCC(Cc2cccnc2-c2ccnn2C)C1. The van der Waals surface area contributed by atoms with Crippen molar-refractivity contribution in [3.63, 3.8) is 0 Å². The number of aryl methyl sites for hydroxylation is 1. The molecule has 0 aromatic carbocycles. The molecule has 1 fully saturated rings. The lowest BCUT2D eigenvalue weighted by Gasteiger charge is -2.15. The van der Waals surface area contributed by atoms with E-state index in [1.807, 2.05) is 35.0 Å². The Morgan fingerprint density at radius 3 is 2.90 bits per heavy atom. The smallest absolute Gasteiger partial charge is 0.219 e. The highest BCUT2D eigenvalue weighted by Gasteiger charge is 2.25. The lowest BCUT2D eigenvalue weighted by atomic mass is 9.96. The van der Waals surface area contributed by atoms with Crippen molar-refractivity contribution in [2.45, 2.75) is 19.8 Å². The van der Waals surface area contributed by atoms with Crippen LogP contribution in [0.4, 0.5) is 0 Å². The third kappa shape index (κ3) is 2.82. The highest BCUT2D eigenvalue weighted by molar-refractivity contribution is 5.73. The molecular formula is C16H20N4O. The summed E-state index contributed by atoms with van der Waals surface area (Å²) < 4.78 is 1.85. The minimum absolute atomic E-state index is 0.176. The van der Waals surface area contributed by atoms with E-state index in [2.05, 4.69) is 16.1 Å². The molecule has 21 heavy (non-hydrogen) atoms. The van der Waals surface area contributed by atoms with E-state index in [4.69, 9.17) is 0 Å². The molecule has 0 aliphatic carbocycles. The summed E-state index contributed by atoms with van der Waals surface area (Å²) in [7, 11) is 1.93. The molecule has 2 aromatic rings. The third-order valence-electron chi connectivity index (χ3n) is 4.19. The number of hydrogen-bond donors (Lipinski definition) is 0. The highest BCUT2D eigenvalue weighted by atomic mass is 16.2. The number of carbonyl (C=O) groups is 1. The highest BCUT2D eigenvalue weighted by Crippen LogP contribution is 2.26. The number of nitrogens with zero attached hydrogens (tertiary/aromatic N) is 4. The molecule has 1 amide bonds. The first kappa shape index (κ1) is 13.8. The maximum atomic E-state index is 11.4. The summed E-state index contributed by atoms with van der Waals surface area (Å²) in [5, 5.41) is 4.22. The van der Waals surface area contributed by atoms with E-state index in [0.717, 1.165) is 37.3 Å². The van der Waals surface area contributed by atoms with Gasteiger partial charge in [0, 0.05) is 39.5 Å². The molecule has 0 bridgehead atoms. The van der Waals surface area contributed by atoms with Gasteiger partial charge in [-0.2, -0.15) is 5.10 Å². The fourth-order valence-corrected chi connectivity index (χ4v) is 3.04. The predicted molar refractivity (Wildman–Crippen MR) is 80.5 cm³/mol. The first-order valence-electron chi connectivity index (χ1n) is 7.33. The molecule has 0 spiro atoms. The zero-order chi connectivity index (χ0) is 14.8. The second-order valence-corrected chi connectivity index (χ2v) is 5.68. The maximum Gasteiger partial charge on any atom is 0.219 e. The van der Waals surface area contributed by atoms with Crippen molar-refractivity contribution in [3.05, 3.63) is 36.2 Å². The molecule has 1 saturated heterocycles. The Morgan fingerprint density at radius 2 is 2.24 bits per heavy atom. The molecule has 0 N–H and O–H groups in total. The van der Waals surface area contributed by atoms with E-state index < -0.39 is 0 Å². The molecule has 3 heterocycles. The monoisotopic (exact) mass is 284 g/mol. The van der Waals surface area contributed by atoms with Crippen molar-refractivity contribution >= 4 is 5.91 Å².